The maximum atomic E-state index is 11.3. The van der Waals surface area contributed by atoms with Crippen molar-refractivity contribution in [3.05, 3.63) is 36.4 Å². The monoisotopic (exact) mass is 318 g/mol. The summed E-state index contributed by atoms with van der Waals surface area (Å²) in [6.07, 6.45) is 3.31. The summed E-state index contributed by atoms with van der Waals surface area (Å²) in [7, 11) is 1.47. The minimum atomic E-state index is -1.12. The molecule has 0 bridgehead atoms. The van der Waals surface area contributed by atoms with Crippen molar-refractivity contribution in [3.63, 3.8) is 0 Å². The molecule has 0 fully saturated rings. The Morgan fingerprint density at radius 3 is 2.91 bits per heavy atom. The van der Waals surface area contributed by atoms with Crippen molar-refractivity contribution in [3.8, 4) is 11.3 Å². The molecule has 0 aromatic carbocycles. The molecule has 2 N–H and O–H groups in total. The minimum Gasteiger partial charge on any atom is -0.465 e. The number of likely N-dealkylation sites (N-methyl/N-ethyl adjacent to an activating group) is 1. The highest BCUT2D eigenvalue weighted by molar-refractivity contribution is 5.81. The predicted octanol–water partition coefficient (Wildman–Crippen LogP) is 1.40. The van der Waals surface area contributed by atoms with Crippen molar-refractivity contribution < 1.29 is 19.2 Å². The maximum Gasteiger partial charge on any atom is 0.407 e. The maximum absolute atomic E-state index is 11.3. The molecule has 2 heterocycles. The number of carbonyl (C=O) groups excluding carboxylic acids is 1. The van der Waals surface area contributed by atoms with E-state index in [0.29, 0.717) is 24.3 Å². The topological polar surface area (TPSA) is 109 Å². The van der Waals surface area contributed by atoms with Crippen LogP contribution in [0.5, 0.6) is 0 Å². The third-order valence-electron chi connectivity index (χ3n) is 3.25. The van der Waals surface area contributed by atoms with Gasteiger partial charge in [-0.25, -0.2) is 4.79 Å². The molecule has 8 nitrogen and oxygen atoms in total. The fraction of sp³-hybridized carbons (Fsp3) is 0.333. The first-order valence-electron chi connectivity index (χ1n) is 7.14. The number of nitrogens with one attached hydrogen (secondary N) is 1. The van der Waals surface area contributed by atoms with Gasteiger partial charge in [-0.3, -0.25) is 14.7 Å². The quantitative estimate of drug-likeness (QED) is 0.798. The van der Waals surface area contributed by atoms with Crippen molar-refractivity contribution >= 4 is 12.0 Å². The zero-order chi connectivity index (χ0) is 16.7. The van der Waals surface area contributed by atoms with E-state index < -0.39 is 6.09 Å². The van der Waals surface area contributed by atoms with E-state index in [2.05, 4.69) is 15.5 Å². The molecular weight excluding hydrogens is 300 g/mol. The molecule has 0 radical (unpaired) electrons. The number of hydrogen-bond donors (Lipinski definition) is 2. The summed E-state index contributed by atoms with van der Waals surface area (Å²) in [5.41, 5.74) is 1.54. The Labute approximate surface area is 133 Å². The molecule has 2 aromatic heterocycles. The van der Waals surface area contributed by atoms with Crippen LogP contribution in [0.2, 0.25) is 0 Å². The van der Waals surface area contributed by atoms with Gasteiger partial charge in [0.15, 0.2) is 0 Å². The molecule has 2 amide bonds. The zero-order valence-electron chi connectivity index (χ0n) is 12.7. The van der Waals surface area contributed by atoms with Gasteiger partial charge in [0.2, 0.25) is 5.91 Å². The molecule has 2 rings (SSSR count). The second-order valence-corrected chi connectivity index (χ2v) is 4.90. The summed E-state index contributed by atoms with van der Waals surface area (Å²) in [5.74, 6) is 0.320. The van der Waals surface area contributed by atoms with Gasteiger partial charge < -0.3 is 14.9 Å². The molecule has 0 saturated carbocycles. The molecule has 0 aliphatic rings. The summed E-state index contributed by atoms with van der Waals surface area (Å²) in [6, 6.07) is 5.50. The summed E-state index contributed by atoms with van der Waals surface area (Å²) >= 11 is 0. The molecule has 0 aliphatic heterocycles. The van der Waals surface area contributed by atoms with E-state index in [9.17, 15) is 9.59 Å². The fourth-order valence-corrected chi connectivity index (χ4v) is 2.02. The van der Waals surface area contributed by atoms with Gasteiger partial charge in [-0.15, -0.1) is 0 Å². The lowest BCUT2D eigenvalue weighted by atomic mass is 10.2. The third-order valence-corrected chi connectivity index (χ3v) is 3.25. The number of pyridine rings is 1. The number of aryl methyl sites for hydroxylation is 1. The van der Waals surface area contributed by atoms with Gasteiger partial charge in [0.1, 0.15) is 18.0 Å². The Hall–Kier alpha value is -2.90. The average Bonchev–Trinajstić information content (AvgIpc) is 3.03. The van der Waals surface area contributed by atoms with E-state index in [0.717, 1.165) is 10.5 Å². The van der Waals surface area contributed by atoms with Gasteiger partial charge in [0, 0.05) is 44.0 Å². The summed E-state index contributed by atoms with van der Waals surface area (Å²) < 4.78 is 5.24. The normalized spacial score (nSPS) is 10.3. The molecule has 0 spiro atoms. The first-order chi connectivity index (χ1) is 11.1. The summed E-state index contributed by atoms with van der Waals surface area (Å²) in [4.78, 5) is 27.4. The van der Waals surface area contributed by atoms with E-state index >= 15 is 0 Å². The largest absolute Gasteiger partial charge is 0.465 e. The van der Waals surface area contributed by atoms with Crippen LogP contribution in [0.1, 0.15) is 12.2 Å². The molecule has 8 heteroatoms. The van der Waals surface area contributed by atoms with Gasteiger partial charge in [-0.05, 0) is 18.6 Å². The van der Waals surface area contributed by atoms with Crippen molar-refractivity contribution in [1.29, 1.82) is 0 Å². The minimum absolute atomic E-state index is 0.177. The van der Waals surface area contributed by atoms with Crippen molar-refractivity contribution in [2.24, 2.45) is 0 Å². The van der Waals surface area contributed by atoms with Crippen LogP contribution in [-0.2, 0) is 11.2 Å². The Bertz CT molecular complexity index is 657. The molecule has 0 unspecified atom stereocenters. The van der Waals surface area contributed by atoms with E-state index in [4.69, 9.17) is 9.63 Å². The number of carboxylic acid groups (broad SMARTS) is 1. The second kappa shape index (κ2) is 7.92. The number of carbonyl (C=O) groups is 2. The molecule has 0 saturated heterocycles. The van der Waals surface area contributed by atoms with Crippen LogP contribution >= 0.6 is 0 Å². The first-order valence-corrected chi connectivity index (χ1v) is 7.14. The summed E-state index contributed by atoms with van der Waals surface area (Å²) in [5, 5.41) is 15.4. The third kappa shape index (κ3) is 4.80. The van der Waals surface area contributed by atoms with Gasteiger partial charge in [-0.1, -0.05) is 5.16 Å². The van der Waals surface area contributed by atoms with Crippen molar-refractivity contribution in [1.82, 2.24) is 20.4 Å². The van der Waals surface area contributed by atoms with E-state index in [1.807, 2.05) is 12.1 Å². The Kier molecular flexibility index (Phi) is 5.67. The van der Waals surface area contributed by atoms with Crippen LogP contribution < -0.4 is 5.32 Å². The number of nitrogens with zero attached hydrogens (tertiary/aromatic N) is 3. The molecule has 0 aliphatic carbocycles. The van der Waals surface area contributed by atoms with E-state index in [1.54, 1.807) is 18.5 Å². The van der Waals surface area contributed by atoms with E-state index in [-0.39, 0.29) is 19.0 Å². The zero-order valence-corrected chi connectivity index (χ0v) is 12.7. The molecular formula is C15H18N4O4. The average molecular weight is 318 g/mol. The van der Waals surface area contributed by atoms with E-state index in [1.165, 1.54) is 7.05 Å². The number of aromatic nitrogens is 2. The lowest BCUT2D eigenvalue weighted by Crippen LogP contribution is -2.39. The smallest absolute Gasteiger partial charge is 0.407 e. The standard InChI is InChI=1S/C15H18N4O4/c1-16-14(20)10-19(15(21)22)7-3-5-12-8-13(18-23-12)11-4-2-6-17-9-11/h2,4,6,8-9H,3,5,7,10H2,1H3,(H,16,20)(H,21,22). The SMILES string of the molecule is CNC(=O)CN(CCCc1cc(-c2cccnc2)no1)C(=O)O. The predicted molar refractivity (Wildman–Crippen MR) is 81.7 cm³/mol. The van der Waals surface area contributed by atoms with Crippen LogP contribution in [-0.4, -0.2) is 52.3 Å². The van der Waals surface area contributed by atoms with Crippen LogP contribution in [0.3, 0.4) is 0 Å². The van der Waals surface area contributed by atoms with Crippen molar-refractivity contribution in [2.45, 2.75) is 12.8 Å². The van der Waals surface area contributed by atoms with Gasteiger partial charge >= 0.3 is 6.09 Å². The number of amides is 2. The van der Waals surface area contributed by atoms with Crippen LogP contribution in [0, 0.1) is 0 Å². The van der Waals surface area contributed by atoms with Crippen LogP contribution in [0.25, 0.3) is 11.3 Å². The number of rotatable bonds is 7. The highest BCUT2D eigenvalue weighted by Crippen LogP contribution is 2.18. The van der Waals surface area contributed by atoms with Gasteiger partial charge in [0.25, 0.3) is 0 Å². The van der Waals surface area contributed by atoms with Crippen LogP contribution in [0.15, 0.2) is 35.1 Å². The van der Waals surface area contributed by atoms with Crippen molar-refractivity contribution in [2.75, 3.05) is 20.1 Å². The Morgan fingerprint density at radius 1 is 1.43 bits per heavy atom. The fourth-order valence-electron chi connectivity index (χ4n) is 2.02. The Balaban J connectivity index is 1.87. The first kappa shape index (κ1) is 16.5. The number of hydrogen-bond acceptors (Lipinski definition) is 5. The highest BCUT2D eigenvalue weighted by Gasteiger charge is 2.15. The lowest BCUT2D eigenvalue weighted by molar-refractivity contribution is -0.121. The van der Waals surface area contributed by atoms with Gasteiger partial charge in [0.05, 0.1) is 0 Å². The molecule has 23 heavy (non-hydrogen) atoms. The van der Waals surface area contributed by atoms with Gasteiger partial charge in [-0.2, -0.15) is 0 Å². The summed E-state index contributed by atoms with van der Waals surface area (Å²) in [6.45, 7) is 0.0643. The lowest BCUT2D eigenvalue weighted by Gasteiger charge is -2.17. The highest BCUT2D eigenvalue weighted by atomic mass is 16.5. The molecule has 2 aromatic rings. The second-order valence-electron chi connectivity index (χ2n) is 4.90. The molecule has 122 valence electrons. The Morgan fingerprint density at radius 2 is 2.26 bits per heavy atom. The van der Waals surface area contributed by atoms with Crippen LogP contribution in [0.4, 0.5) is 4.79 Å². The molecule has 0 atom stereocenters.